The molecule has 0 atom stereocenters. The van der Waals surface area contributed by atoms with E-state index in [0.717, 1.165) is 11.8 Å². The highest BCUT2D eigenvalue weighted by molar-refractivity contribution is 4.75. The molecule has 1 saturated carbocycles. The summed E-state index contributed by atoms with van der Waals surface area (Å²) in [5.41, 5.74) is 0. The Morgan fingerprint density at radius 1 is 1.00 bits per heavy atom. The van der Waals surface area contributed by atoms with Gasteiger partial charge in [0.1, 0.15) is 0 Å². The van der Waals surface area contributed by atoms with Crippen molar-refractivity contribution in [3.05, 3.63) is 0 Å². The highest BCUT2D eigenvalue weighted by atomic mass is 15.2. The molecule has 1 saturated heterocycles. The van der Waals surface area contributed by atoms with Gasteiger partial charge in [0, 0.05) is 32.7 Å². The first kappa shape index (κ1) is 14.0. The van der Waals surface area contributed by atoms with Gasteiger partial charge in [0.25, 0.3) is 0 Å². The predicted octanol–water partition coefficient (Wildman–Crippen LogP) is 2.74. The number of piperazine rings is 1. The summed E-state index contributed by atoms with van der Waals surface area (Å²) in [5, 5.41) is 3.42. The van der Waals surface area contributed by atoms with Gasteiger partial charge in [-0.25, -0.2) is 0 Å². The molecule has 0 aromatic carbocycles. The second-order valence-electron chi connectivity index (χ2n) is 5.18. The summed E-state index contributed by atoms with van der Waals surface area (Å²) in [6.45, 7) is 12.7. The zero-order chi connectivity index (χ0) is 11.8. The fourth-order valence-electron chi connectivity index (χ4n) is 2.77. The molecule has 96 valence electrons. The van der Waals surface area contributed by atoms with E-state index in [-0.39, 0.29) is 0 Å². The molecular formula is C14H30N2. The fraction of sp³-hybridized carbons (Fsp3) is 1.00. The lowest BCUT2D eigenvalue weighted by Crippen LogP contribution is -2.45. The zero-order valence-corrected chi connectivity index (χ0v) is 11.5. The predicted molar refractivity (Wildman–Crippen MR) is 71.8 cm³/mol. The van der Waals surface area contributed by atoms with Gasteiger partial charge in [-0.15, -0.1) is 0 Å². The lowest BCUT2D eigenvalue weighted by Gasteiger charge is -2.33. The summed E-state index contributed by atoms with van der Waals surface area (Å²) >= 11 is 0. The zero-order valence-electron chi connectivity index (χ0n) is 11.5. The highest BCUT2D eigenvalue weighted by Gasteiger charge is 2.21. The molecule has 2 rings (SSSR count). The van der Waals surface area contributed by atoms with Crippen molar-refractivity contribution in [1.82, 2.24) is 10.2 Å². The molecule has 2 heteroatoms. The molecule has 0 unspecified atom stereocenters. The smallest absolute Gasteiger partial charge is 0.0107 e. The highest BCUT2D eigenvalue weighted by Crippen LogP contribution is 2.28. The van der Waals surface area contributed by atoms with Gasteiger partial charge in [-0.05, 0) is 24.7 Å². The van der Waals surface area contributed by atoms with E-state index in [1.807, 2.05) is 13.8 Å². The summed E-state index contributed by atoms with van der Waals surface area (Å²) < 4.78 is 0. The van der Waals surface area contributed by atoms with Crippen molar-refractivity contribution >= 4 is 0 Å². The van der Waals surface area contributed by atoms with Gasteiger partial charge in [0.2, 0.25) is 0 Å². The molecule has 0 aromatic heterocycles. The van der Waals surface area contributed by atoms with Gasteiger partial charge in [0.05, 0.1) is 0 Å². The van der Waals surface area contributed by atoms with Crippen LogP contribution in [0.4, 0.5) is 0 Å². The van der Waals surface area contributed by atoms with Crippen LogP contribution in [0.2, 0.25) is 0 Å². The lowest BCUT2D eigenvalue weighted by atomic mass is 9.83. The molecule has 0 bridgehead atoms. The van der Waals surface area contributed by atoms with E-state index in [1.165, 1.54) is 58.4 Å². The quantitative estimate of drug-likeness (QED) is 0.779. The molecule has 0 spiro atoms. The molecule has 0 radical (unpaired) electrons. The van der Waals surface area contributed by atoms with Crippen molar-refractivity contribution in [3.8, 4) is 0 Å². The summed E-state index contributed by atoms with van der Waals surface area (Å²) in [5.74, 6) is 2.00. The van der Waals surface area contributed by atoms with Crippen LogP contribution in [0, 0.1) is 11.8 Å². The molecular weight excluding hydrogens is 196 g/mol. The summed E-state index contributed by atoms with van der Waals surface area (Å²) in [4.78, 5) is 2.65. The minimum atomic E-state index is 0.995. The van der Waals surface area contributed by atoms with Crippen molar-refractivity contribution < 1.29 is 0 Å². The van der Waals surface area contributed by atoms with E-state index < -0.39 is 0 Å². The number of hydrogen-bond acceptors (Lipinski definition) is 2. The SMILES string of the molecule is CC.CC1CCC(CN2CCNCC2)CC1. The minimum Gasteiger partial charge on any atom is -0.314 e. The van der Waals surface area contributed by atoms with E-state index in [2.05, 4.69) is 17.1 Å². The van der Waals surface area contributed by atoms with Gasteiger partial charge in [-0.2, -0.15) is 0 Å². The second kappa shape index (κ2) is 8.08. The Balaban J connectivity index is 0.000000606. The maximum Gasteiger partial charge on any atom is 0.0107 e. The van der Waals surface area contributed by atoms with Crippen LogP contribution in [0.15, 0.2) is 0 Å². The van der Waals surface area contributed by atoms with E-state index >= 15 is 0 Å². The maximum atomic E-state index is 3.42. The van der Waals surface area contributed by atoms with Crippen LogP contribution in [0.5, 0.6) is 0 Å². The van der Waals surface area contributed by atoms with Gasteiger partial charge in [-0.1, -0.05) is 33.6 Å². The van der Waals surface area contributed by atoms with Crippen LogP contribution in [0.3, 0.4) is 0 Å². The molecule has 2 nitrogen and oxygen atoms in total. The monoisotopic (exact) mass is 226 g/mol. The van der Waals surface area contributed by atoms with E-state index in [4.69, 9.17) is 0 Å². The third-order valence-electron chi connectivity index (χ3n) is 3.86. The summed E-state index contributed by atoms with van der Waals surface area (Å²) in [6, 6.07) is 0. The fourth-order valence-corrected chi connectivity index (χ4v) is 2.77. The molecule has 2 aliphatic rings. The average molecular weight is 226 g/mol. The Bertz CT molecular complexity index is 156. The van der Waals surface area contributed by atoms with Gasteiger partial charge < -0.3 is 10.2 Å². The van der Waals surface area contributed by atoms with E-state index in [1.54, 1.807) is 0 Å². The number of nitrogens with one attached hydrogen (secondary N) is 1. The Labute approximate surface area is 102 Å². The third-order valence-corrected chi connectivity index (χ3v) is 3.86. The van der Waals surface area contributed by atoms with Gasteiger partial charge in [0.15, 0.2) is 0 Å². The Morgan fingerprint density at radius 2 is 1.56 bits per heavy atom. The average Bonchev–Trinajstić information content (AvgIpc) is 2.36. The Kier molecular flexibility index (Phi) is 7.06. The van der Waals surface area contributed by atoms with Crippen molar-refractivity contribution in [2.75, 3.05) is 32.7 Å². The Hall–Kier alpha value is -0.0800. The minimum absolute atomic E-state index is 0.995. The normalized spacial score (nSPS) is 31.7. The van der Waals surface area contributed by atoms with Crippen LogP contribution < -0.4 is 5.32 Å². The van der Waals surface area contributed by atoms with Crippen molar-refractivity contribution in [2.24, 2.45) is 11.8 Å². The van der Waals surface area contributed by atoms with E-state index in [9.17, 15) is 0 Å². The Morgan fingerprint density at radius 3 is 2.12 bits per heavy atom. The number of rotatable bonds is 2. The first-order chi connectivity index (χ1) is 7.84. The molecule has 0 amide bonds. The van der Waals surface area contributed by atoms with Crippen LogP contribution >= 0.6 is 0 Å². The first-order valence-corrected chi connectivity index (χ1v) is 7.27. The largest absolute Gasteiger partial charge is 0.314 e. The maximum absolute atomic E-state index is 3.42. The molecule has 0 aromatic rings. The molecule has 1 heterocycles. The molecule has 16 heavy (non-hydrogen) atoms. The van der Waals surface area contributed by atoms with Gasteiger partial charge >= 0.3 is 0 Å². The molecule has 1 aliphatic heterocycles. The summed E-state index contributed by atoms with van der Waals surface area (Å²) in [7, 11) is 0. The van der Waals surface area contributed by atoms with Crippen LogP contribution in [-0.4, -0.2) is 37.6 Å². The van der Waals surface area contributed by atoms with Crippen LogP contribution in [0.1, 0.15) is 46.5 Å². The second-order valence-corrected chi connectivity index (χ2v) is 5.18. The lowest BCUT2D eigenvalue weighted by molar-refractivity contribution is 0.169. The number of hydrogen-bond donors (Lipinski definition) is 1. The standard InChI is InChI=1S/C12H24N2.C2H6/c1-11-2-4-12(5-3-11)10-14-8-6-13-7-9-14;1-2/h11-13H,2-10H2,1H3;1-2H3. The topological polar surface area (TPSA) is 15.3 Å². The molecule has 2 fully saturated rings. The van der Waals surface area contributed by atoms with Gasteiger partial charge in [-0.3, -0.25) is 0 Å². The third kappa shape index (κ3) is 4.84. The van der Waals surface area contributed by atoms with Crippen LogP contribution in [0.25, 0.3) is 0 Å². The van der Waals surface area contributed by atoms with Crippen molar-refractivity contribution in [1.29, 1.82) is 0 Å². The molecule has 1 N–H and O–H groups in total. The summed E-state index contributed by atoms with van der Waals surface area (Å²) in [6.07, 6.45) is 5.89. The number of nitrogens with zero attached hydrogens (tertiary/aromatic N) is 1. The van der Waals surface area contributed by atoms with Crippen LogP contribution in [-0.2, 0) is 0 Å². The van der Waals surface area contributed by atoms with E-state index in [0.29, 0.717) is 0 Å². The molecule has 1 aliphatic carbocycles. The first-order valence-electron chi connectivity index (χ1n) is 7.27. The van der Waals surface area contributed by atoms with Crippen molar-refractivity contribution in [2.45, 2.75) is 46.5 Å². The van der Waals surface area contributed by atoms with Crippen molar-refractivity contribution in [3.63, 3.8) is 0 Å².